The molecule has 1 aromatic rings. The van der Waals surface area contributed by atoms with E-state index in [1.165, 1.54) is 24.6 Å². The lowest BCUT2D eigenvalue weighted by Crippen LogP contribution is -2.47. The van der Waals surface area contributed by atoms with Gasteiger partial charge in [0.15, 0.2) is 0 Å². The number of rotatable bonds is 9. The first-order chi connectivity index (χ1) is 12.9. The molecule has 0 aromatic heterocycles. The van der Waals surface area contributed by atoms with E-state index >= 15 is 0 Å². The van der Waals surface area contributed by atoms with Crippen LogP contribution in [0.1, 0.15) is 19.8 Å². The van der Waals surface area contributed by atoms with Gasteiger partial charge < -0.3 is 19.7 Å². The van der Waals surface area contributed by atoms with Crippen molar-refractivity contribution in [2.75, 3.05) is 53.5 Å². The van der Waals surface area contributed by atoms with Crippen molar-refractivity contribution in [3.05, 3.63) is 18.2 Å². The summed E-state index contributed by atoms with van der Waals surface area (Å²) in [4.78, 5) is 14.3. The first-order valence-electron chi connectivity index (χ1n) is 9.14. The quantitative estimate of drug-likeness (QED) is 0.665. The van der Waals surface area contributed by atoms with Gasteiger partial charge in [0.05, 0.1) is 14.2 Å². The second kappa shape index (κ2) is 9.91. The van der Waals surface area contributed by atoms with Crippen molar-refractivity contribution < 1.29 is 22.7 Å². The molecule has 9 heteroatoms. The zero-order valence-corrected chi connectivity index (χ0v) is 17.0. The van der Waals surface area contributed by atoms with Gasteiger partial charge in [-0.25, -0.2) is 8.42 Å². The number of amides is 1. The SMILES string of the molecule is CCCN(CCC(=O)N1CCNCC1)S(=O)(=O)c1cc(OC)ccc1OC. The molecule has 0 radical (unpaired) electrons. The van der Waals surface area contributed by atoms with Crippen LogP contribution in [0, 0.1) is 0 Å². The van der Waals surface area contributed by atoms with Gasteiger partial charge in [-0.3, -0.25) is 4.79 Å². The molecular formula is C18H29N3O5S. The summed E-state index contributed by atoms with van der Waals surface area (Å²) >= 11 is 0. The van der Waals surface area contributed by atoms with E-state index in [9.17, 15) is 13.2 Å². The standard InChI is InChI=1S/C18H29N3O5S/c1-4-10-21(11-7-18(22)20-12-8-19-9-13-20)27(23,24)17-14-15(25-2)5-6-16(17)26-3/h5-6,14,19H,4,7-13H2,1-3H3. The molecule has 1 saturated heterocycles. The van der Waals surface area contributed by atoms with Gasteiger partial charge in [-0.15, -0.1) is 0 Å². The fraction of sp³-hybridized carbons (Fsp3) is 0.611. The minimum atomic E-state index is -3.82. The third-order valence-corrected chi connectivity index (χ3v) is 6.43. The van der Waals surface area contributed by atoms with E-state index < -0.39 is 10.0 Å². The average Bonchev–Trinajstić information content (AvgIpc) is 2.70. The third kappa shape index (κ3) is 5.33. The van der Waals surface area contributed by atoms with Crippen molar-refractivity contribution in [1.29, 1.82) is 0 Å². The minimum absolute atomic E-state index is 0.0228. The maximum absolute atomic E-state index is 13.2. The average molecular weight is 400 g/mol. The summed E-state index contributed by atoms with van der Waals surface area (Å²) in [6.45, 7) is 5.22. The number of piperazine rings is 1. The highest BCUT2D eigenvalue weighted by Gasteiger charge is 2.29. The lowest BCUT2D eigenvalue weighted by molar-refractivity contribution is -0.131. The first kappa shape index (κ1) is 21.5. The summed E-state index contributed by atoms with van der Waals surface area (Å²) in [6.07, 6.45) is 0.804. The molecule has 2 rings (SSSR count). The second-order valence-electron chi connectivity index (χ2n) is 6.30. The molecule has 1 aromatic carbocycles. The lowest BCUT2D eigenvalue weighted by atomic mass is 10.3. The second-order valence-corrected chi connectivity index (χ2v) is 8.21. The monoisotopic (exact) mass is 399 g/mol. The molecule has 1 heterocycles. The Morgan fingerprint density at radius 2 is 1.89 bits per heavy atom. The van der Waals surface area contributed by atoms with Crippen LogP contribution < -0.4 is 14.8 Å². The summed E-state index contributed by atoms with van der Waals surface area (Å²) in [7, 11) is -0.910. The predicted octanol–water partition coefficient (Wildman–Crippen LogP) is 0.926. The Kier molecular flexibility index (Phi) is 7.88. The van der Waals surface area contributed by atoms with Crippen molar-refractivity contribution in [3.8, 4) is 11.5 Å². The summed E-state index contributed by atoms with van der Waals surface area (Å²) in [5, 5.41) is 3.20. The lowest BCUT2D eigenvalue weighted by Gasteiger charge is -2.29. The van der Waals surface area contributed by atoms with E-state index in [-0.39, 0.29) is 29.5 Å². The zero-order chi connectivity index (χ0) is 19.9. The van der Waals surface area contributed by atoms with Gasteiger partial charge in [0, 0.05) is 51.8 Å². The number of nitrogens with one attached hydrogen (secondary N) is 1. The smallest absolute Gasteiger partial charge is 0.246 e. The van der Waals surface area contributed by atoms with Crippen LogP contribution in [-0.2, 0) is 14.8 Å². The van der Waals surface area contributed by atoms with Crippen molar-refractivity contribution >= 4 is 15.9 Å². The minimum Gasteiger partial charge on any atom is -0.497 e. The molecule has 0 saturated carbocycles. The number of methoxy groups -OCH3 is 2. The zero-order valence-electron chi connectivity index (χ0n) is 16.2. The number of ether oxygens (including phenoxy) is 2. The van der Waals surface area contributed by atoms with Crippen molar-refractivity contribution in [2.45, 2.75) is 24.7 Å². The Balaban J connectivity index is 2.19. The van der Waals surface area contributed by atoms with Gasteiger partial charge in [0.2, 0.25) is 15.9 Å². The van der Waals surface area contributed by atoms with Crippen LogP contribution in [0.25, 0.3) is 0 Å². The van der Waals surface area contributed by atoms with Crippen molar-refractivity contribution in [2.24, 2.45) is 0 Å². The van der Waals surface area contributed by atoms with Gasteiger partial charge in [-0.1, -0.05) is 6.92 Å². The van der Waals surface area contributed by atoms with Crippen LogP contribution in [-0.4, -0.2) is 77.0 Å². The van der Waals surface area contributed by atoms with Crippen LogP contribution in [0.3, 0.4) is 0 Å². The number of hydrogen-bond acceptors (Lipinski definition) is 6. The molecule has 27 heavy (non-hydrogen) atoms. The van der Waals surface area contributed by atoms with Crippen LogP contribution >= 0.6 is 0 Å². The molecule has 0 unspecified atom stereocenters. The topological polar surface area (TPSA) is 88.2 Å². The number of carbonyl (C=O) groups excluding carboxylic acids is 1. The van der Waals surface area contributed by atoms with Crippen molar-refractivity contribution in [1.82, 2.24) is 14.5 Å². The van der Waals surface area contributed by atoms with E-state index in [0.29, 0.717) is 31.8 Å². The molecule has 1 aliphatic rings. The summed E-state index contributed by atoms with van der Waals surface area (Å²) in [6, 6.07) is 4.67. The molecule has 152 valence electrons. The van der Waals surface area contributed by atoms with Crippen LogP contribution in [0.2, 0.25) is 0 Å². The van der Waals surface area contributed by atoms with Gasteiger partial charge in [-0.05, 0) is 18.6 Å². The number of nitrogens with zero attached hydrogens (tertiary/aromatic N) is 2. The molecule has 0 aliphatic carbocycles. The normalized spacial score (nSPS) is 15.0. The van der Waals surface area contributed by atoms with Crippen LogP contribution in [0.5, 0.6) is 11.5 Å². The van der Waals surface area contributed by atoms with E-state index in [1.54, 1.807) is 17.0 Å². The van der Waals surface area contributed by atoms with E-state index in [1.807, 2.05) is 6.92 Å². The largest absolute Gasteiger partial charge is 0.497 e. The molecule has 1 fully saturated rings. The molecule has 0 spiro atoms. The number of sulfonamides is 1. The highest BCUT2D eigenvalue weighted by molar-refractivity contribution is 7.89. The maximum atomic E-state index is 13.2. The number of benzene rings is 1. The molecule has 1 aliphatic heterocycles. The Hall–Kier alpha value is -1.84. The number of hydrogen-bond donors (Lipinski definition) is 1. The Morgan fingerprint density at radius 3 is 2.48 bits per heavy atom. The fourth-order valence-corrected chi connectivity index (χ4v) is 4.72. The third-order valence-electron chi connectivity index (χ3n) is 4.51. The predicted molar refractivity (Wildman–Crippen MR) is 103 cm³/mol. The Morgan fingerprint density at radius 1 is 1.19 bits per heavy atom. The fourth-order valence-electron chi connectivity index (χ4n) is 3.02. The van der Waals surface area contributed by atoms with E-state index in [0.717, 1.165) is 13.1 Å². The van der Waals surface area contributed by atoms with Gasteiger partial charge in [0.25, 0.3) is 0 Å². The molecular weight excluding hydrogens is 370 g/mol. The molecule has 1 N–H and O–H groups in total. The van der Waals surface area contributed by atoms with Crippen LogP contribution in [0.4, 0.5) is 0 Å². The highest BCUT2D eigenvalue weighted by atomic mass is 32.2. The molecule has 1 amide bonds. The van der Waals surface area contributed by atoms with Gasteiger partial charge in [-0.2, -0.15) is 4.31 Å². The first-order valence-corrected chi connectivity index (χ1v) is 10.6. The van der Waals surface area contributed by atoms with E-state index in [2.05, 4.69) is 5.32 Å². The summed E-state index contributed by atoms with van der Waals surface area (Å²) < 4.78 is 38.2. The Bertz CT molecular complexity index is 733. The maximum Gasteiger partial charge on any atom is 0.246 e. The summed E-state index contributed by atoms with van der Waals surface area (Å²) in [5.74, 6) is 0.665. The van der Waals surface area contributed by atoms with Crippen LogP contribution in [0.15, 0.2) is 23.1 Å². The summed E-state index contributed by atoms with van der Waals surface area (Å²) in [5.41, 5.74) is 0. The highest BCUT2D eigenvalue weighted by Crippen LogP contribution is 2.30. The molecule has 0 bridgehead atoms. The van der Waals surface area contributed by atoms with Crippen molar-refractivity contribution in [3.63, 3.8) is 0 Å². The molecule has 8 nitrogen and oxygen atoms in total. The Labute approximate surface area is 161 Å². The van der Waals surface area contributed by atoms with Gasteiger partial charge in [0.1, 0.15) is 16.4 Å². The van der Waals surface area contributed by atoms with Gasteiger partial charge >= 0.3 is 0 Å². The number of carbonyl (C=O) groups is 1. The molecule has 0 atom stereocenters. The van der Waals surface area contributed by atoms with E-state index in [4.69, 9.17) is 9.47 Å².